The molecule has 6 rings (SSSR count). The molecule has 5 nitrogen and oxygen atoms in total. The molecule has 5 heteroatoms. The Kier molecular flexibility index (Phi) is 3.48. The lowest BCUT2D eigenvalue weighted by Crippen LogP contribution is -2.38. The minimum absolute atomic E-state index is 0.543. The number of hydrogen-bond donors (Lipinski definition) is 0. The first-order valence-corrected chi connectivity index (χ1v) is 9.10. The van der Waals surface area contributed by atoms with Crippen LogP contribution in [0.15, 0.2) is 40.8 Å². The minimum Gasteiger partial charge on any atom is -0.422 e. The Balaban J connectivity index is 1.56. The first-order chi connectivity index (χ1) is 12.3. The number of nitrogens with zero attached hydrogens (tertiary/aromatic N) is 4. The Bertz CT molecular complexity index is 897. The summed E-state index contributed by atoms with van der Waals surface area (Å²) in [7, 11) is 0. The third-order valence-electron chi connectivity index (χ3n) is 5.55. The molecule has 3 aliphatic rings. The molecule has 128 valence electrons. The second kappa shape index (κ2) is 5.85. The summed E-state index contributed by atoms with van der Waals surface area (Å²) in [5.41, 5.74) is 4.75. The van der Waals surface area contributed by atoms with Gasteiger partial charge in [-0.25, -0.2) is 4.98 Å². The number of piperidine rings is 1. The molecule has 0 saturated carbocycles. The molecule has 0 N–H and O–H groups in total. The van der Waals surface area contributed by atoms with Gasteiger partial charge in [0, 0.05) is 43.5 Å². The highest BCUT2D eigenvalue weighted by atomic mass is 16.4. The summed E-state index contributed by atoms with van der Waals surface area (Å²) in [5, 5.41) is 0. The van der Waals surface area contributed by atoms with Gasteiger partial charge >= 0.3 is 0 Å². The van der Waals surface area contributed by atoms with Crippen molar-refractivity contribution < 1.29 is 4.42 Å². The predicted molar refractivity (Wildman–Crippen MR) is 98.8 cm³/mol. The average molecular weight is 334 g/mol. The summed E-state index contributed by atoms with van der Waals surface area (Å²) in [5.74, 6) is 0. The van der Waals surface area contributed by atoms with Crippen molar-refractivity contribution in [1.82, 2.24) is 14.9 Å². The van der Waals surface area contributed by atoms with E-state index in [0.29, 0.717) is 11.7 Å². The van der Waals surface area contributed by atoms with Gasteiger partial charge in [-0.15, -0.1) is 0 Å². The van der Waals surface area contributed by atoms with E-state index in [-0.39, 0.29) is 0 Å². The van der Waals surface area contributed by atoms with Crippen molar-refractivity contribution in [2.45, 2.75) is 25.8 Å². The maximum Gasteiger partial charge on any atom is 0.300 e. The van der Waals surface area contributed by atoms with Crippen LogP contribution in [0.25, 0.3) is 22.4 Å². The average Bonchev–Trinajstić information content (AvgIpc) is 2.82. The highest BCUT2D eigenvalue weighted by molar-refractivity contribution is 5.79. The van der Waals surface area contributed by atoms with Crippen LogP contribution in [-0.2, 0) is 0 Å². The van der Waals surface area contributed by atoms with E-state index < -0.39 is 0 Å². The largest absolute Gasteiger partial charge is 0.422 e. The van der Waals surface area contributed by atoms with E-state index in [1.807, 2.05) is 25.1 Å². The van der Waals surface area contributed by atoms with Crippen molar-refractivity contribution in [3.8, 4) is 11.1 Å². The van der Waals surface area contributed by atoms with Gasteiger partial charge < -0.3 is 14.2 Å². The number of aromatic nitrogens is 2. The molecule has 5 heterocycles. The first kappa shape index (κ1) is 14.9. The summed E-state index contributed by atoms with van der Waals surface area (Å²) >= 11 is 0. The molecule has 0 amide bonds. The van der Waals surface area contributed by atoms with Crippen LogP contribution in [0, 0.1) is 6.92 Å². The standard InChI is InChI=1S/C20H22N4O/c1-14-17(15-5-3-2-4-6-15)13-18-19(21-14)22-20(25-18)24-12-11-23-9-7-16(24)8-10-23/h2-6,13,16H,7-12H2,1H3. The summed E-state index contributed by atoms with van der Waals surface area (Å²) in [4.78, 5) is 14.3. The van der Waals surface area contributed by atoms with Gasteiger partial charge in [0.15, 0.2) is 5.58 Å². The zero-order chi connectivity index (χ0) is 16.8. The number of oxazole rings is 1. The summed E-state index contributed by atoms with van der Waals surface area (Å²) in [6.45, 7) is 6.50. The molecule has 3 aromatic rings. The number of fused-ring (bicyclic) bond motifs is 5. The molecule has 2 bridgehead atoms. The number of anilines is 1. The normalized spacial score (nSPS) is 23.2. The van der Waals surface area contributed by atoms with E-state index in [4.69, 9.17) is 14.4 Å². The molecule has 0 aliphatic carbocycles. The number of aryl methyl sites for hydroxylation is 1. The van der Waals surface area contributed by atoms with Crippen LogP contribution in [0.3, 0.4) is 0 Å². The van der Waals surface area contributed by atoms with E-state index in [1.54, 1.807) is 0 Å². The highest BCUT2D eigenvalue weighted by Crippen LogP contribution is 2.31. The number of pyridine rings is 1. The maximum absolute atomic E-state index is 6.16. The van der Waals surface area contributed by atoms with Crippen molar-refractivity contribution in [3.05, 3.63) is 42.1 Å². The highest BCUT2D eigenvalue weighted by Gasteiger charge is 2.31. The van der Waals surface area contributed by atoms with Gasteiger partial charge in [-0.1, -0.05) is 30.3 Å². The SMILES string of the molecule is Cc1nc2nc(N3CCN4CCC3CC4)oc2cc1-c1ccccc1. The van der Waals surface area contributed by atoms with Gasteiger partial charge in [0.2, 0.25) is 5.65 Å². The van der Waals surface area contributed by atoms with Crippen molar-refractivity contribution in [3.63, 3.8) is 0 Å². The minimum atomic E-state index is 0.543. The Hall–Kier alpha value is -2.40. The van der Waals surface area contributed by atoms with Crippen molar-refractivity contribution in [2.24, 2.45) is 0 Å². The molecule has 0 spiro atoms. The van der Waals surface area contributed by atoms with Gasteiger partial charge in [0.1, 0.15) is 0 Å². The van der Waals surface area contributed by atoms with E-state index in [1.165, 1.54) is 25.9 Å². The van der Waals surface area contributed by atoms with E-state index in [2.05, 4.69) is 28.0 Å². The van der Waals surface area contributed by atoms with Crippen LogP contribution in [-0.4, -0.2) is 47.1 Å². The van der Waals surface area contributed by atoms with Gasteiger partial charge in [0.25, 0.3) is 6.01 Å². The predicted octanol–water partition coefficient (Wildman–Crippen LogP) is 3.48. The zero-order valence-corrected chi connectivity index (χ0v) is 14.5. The topological polar surface area (TPSA) is 45.4 Å². The van der Waals surface area contributed by atoms with Crippen LogP contribution in [0.5, 0.6) is 0 Å². The molecule has 3 aliphatic heterocycles. The molecule has 0 atom stereocenters. The number of benzene rings is 1. The van der Waals surface area contributed by atoms with Crippen LogP contribution in [0.1, 0.15) is 18.5 Å². The van der Waals surface area contributed by atoms with Crippen molar-refractivity contribution >= 4 is 17.2 Å². The van der Waals surface area contributed by atoms with Gasteiger partial charge in [-0.2, -0.15) is 4.98 Å². The molecule has 0 unspecified atom stereocenters. The van der Waals surface area contributed by atoms with Crippen LogP contribution >= 0.6 is 0 Å². The molecule has 3 fully saturated rings. The third kappa shape index (κ3) is 2.59. The second-order valence-electron chi connectivity index (χ2n) is 7.07. The smallest absolute Gasteiger partial charge is 0.300 e. The lowest BCUT2D eigenvalue weighted by Gasteiger charge is -2.30. The molecule has 1 aromatic carbocycles. The summed E-state index contributed by atoms with van der Waals surface area (Å²) in [6.07, 6.45) is 2.39. The van der Waals surface area contributed by atoms with E-state index in [0.717, 1.165) is 41.5 Å². The number of hydrogen-bond acceptors (Lipinski definition) is 5. The quantitative estimate of drug-likeness (QED) is 0.718. The van der Waals surface area contributed by atoms with Crippen LogP contribution in [0.2, 0.25) is 0 Å². The molecule has 25 heavy (non-hydrogen) atoms. The fourth-order valence-electron chi connectivity index (χ4n) is 4.11. The van der Waals surface area contributed by atoms with Crippen molar-refractivity contribution in [1.29, 1.82) is 0 Å². The van der Waals surface area contributed by atoms with E-state index in [9.17, 15) is 0 Å². The maximum atomic E-state index is 6.16. The third-order valence-corrected chi connectivity index (χ3v) is 5.55. The van der Waals surface area contributed by atoms with Gasteiger partial charge in [-0.3, -0.25) is 0 Å². The fraction of sp³-hybridized carbons (Fsp3) is 0.400. The van der Waals surface area contributed by atoms with Crippen LogP contribution in [0.4, 0.5) is 6.01 Å². The Labute approximate surface area is 147 Å². The molecular weight excluding hydrogens is 312 g/mol. The van der Waals surface area contributed by atoms with Crippen LogP contribution < -0.4 is 4.90 Å². The van der Waals surface area contributed by atoms with Gasteiger partial charge in [0.05, 0.1) is 0 Å². The van der Waals surface area contributed by atoms with Crippen molar-refractivity contribution in [2.75, 3.05) is 31.1 Å². The Morgan fingerprint density at radius 1 is 1.00 bits per heavy atom. The molecule has 2 aromatic heterocycles. The molecule has 0 radical (unpaired) electrons. The first-order valence-electron chi connectivity index (χ1n) is 9.10. The lowest BCUT2D eigenvalue weighted by molar-refractivity contribution is 0.249. The van der Waals surface area contributed by atoms with Gasteiger partial charge in [-0.05, 0) is 31.4 Å². The monoisotopic (exact) mass is 334 g/mol. The summed E-state index contributed by atoms with van der Waals surface area (Å²) in [6, 6.07) is 13.7. The lowest BCUT2D eigenvalue weighted by atomic mass is 10.0. The zero-order valence-electron chi connectivity index (χ0n) is 14.5. The molecule has 3 saturated heterocycles. The Morgan fingerprint density at radius 3 is 2.60 bits per heavy atom. The fourth-order valence-corrected chi connectivity index (χ4v) is 4.11. The second-order valence-corrected chi connectivity index (χ2v) is 7.07. The Morgan fingerprint density at radius 2 is 1.80 bits per heavy atom. The summed E-state index contributed by atoms with van der Waals surface area (Å²) < 4.78 is 6.16. The van der Waals surface area contributed by atoms with E-state index >= 15 is 0 Å². The molecular formula is C20H22N4O. The number of rotatable bonds is 2.